The number of benzene rings is 1. The normalized spacial score (nSPS) is 11.0. The first-order chi connectivity index (χ1) is 7.93. The predicted molar refractivity (Wildman–Crippen MR) is 55.7 cm³/mol. The van der Waals surface area contributed by atoms with Crippen molar-refractivity contribution in [2.45, 2.75) is 12.3 Å². The van der Waals surface area contributed by atoms with Crippen LogP contribution in [0.5, 0.6) is 11.5 Å². The number of aliphatic carboxylic acids is 1. The lowest BCUT2D eigenvalue weighted by atomic mass is 10.2. The first kappa shape index (κ1) is 13.2. The number of halogens is 2. The molecule has 0 amide bonds. The van der Waals surface area contributed by atoms with Crippen LogP contribution in [0.25, 0.3) is 0 Å². The summed E-state index contributed by atoms with van der Waals surface area (Å²) in [6, 6.07) is 6.06. The first-order valence-electron chi connectivity index (χ1n) is 4.79. The molecule has 1 rings (SSSR count). The van der Waals surface area contributed by atoms with E-state index in [4.69, 9.17) is 14.6 Å². The van der Waals surface area contributed by atoms with E-state index in [1.807, 2.05) is 0 Å². The maximum atomic E-state index is 13.0. The Kier molecular flexibility index (Phi) is 4.25. The molecule has 1 aromatic carbocycles. The SMILES string of the molecule is COc1ccc(OCC(F)(F)CC(=O)O)cc1. The van der Waals surface area contributed by atoms with E-state index in [0.29, 0.717) is 5.75 Å². The molecule has 0 heterocycles. The van der Waals surface area contributed by atoms with Gasteiger partial charge in [0.2, 0.25) is 0 Å². The molecule has 0 aliphatic carbocycles. The van der Waals surface area contributed by atoms with Gasteiger partial charge in [0.05, 0.1) is 7.11 Å². The van der Waals surface area contributed by atoms with Gasteiger partial charge in [-0.3, -0.25) is 4.79 Å². The van der Waals surface area contributed by atoms with Gasteiger partial charge in [-0.05, 0) is 24.3 Å². The predicted octanol–water partition coefficient (Wildman–Crippen LogP) is 2.18. The maximum absolute atomic E-state index is 13.0. The van der Waals surface area contributed by atoms with Crippen molar-refractivity contribution in [2.75, 3.05) is 13.7 Å². The maximum Gasteiger partial charge on any atom is 0.309 e. The van der Waals surface area contributed by atoms with Crippen LogP contribution in [0.4, 0.5) is 8.78 Å². The number of hydrogen-bond acceptors (Lipinski definition) is 3. The summed E-state index contributed by atoms with van der Waals surface area (Å²) in [5.74, 6) is -4.13. The van der Waals surface area contributed by atoms with E-state index in [2.05, 4.69) is 0 Å². The Morgan fingerprint density at radius 3 is 2.29 bits per heavy atom. The Morgan fingerprint density at radius 1 is 1.29 bits per heavy atom. The van der Waals surface area contributed by atoms with Gasteiger partial charge < -0.3 is 14.6 Å². The fourth-order valence-corrected chi connectivity index (χ4v) is 1.13. The van der Waals surface area contributed by atoms with Crippen LogP contribution in [0.2, 0.25) is 0 Å². The van der Waals surface area contributed by atoms with E-state index < -0.39 is 24.9 Å². The Labute approximate surface area is 96.8 Å². The highest BCUT2D eigenvalue weighted by Gasteiger charge is 2.33. The van der Waals surface area contributed by atoms with E-state index in [1.54, 1.807) is 12.1 Å². The lowest BCUT2D eigenvalue weighted by Crippen LogP contribution is -2.28. The molecule has 0 spiro atoms. The van der Waals surface area contributed by atoms with Crippen molar-refractivity contribution < 1.29 is 28.2 Å². The van der Waals surface area contributed by atoms with Crippen molar-refractivity contribution >= 4 is 5.97 Å². The molecular weight excluding hydrogens is 234 g/mol. The Morgan fingerprint density at radius 2 is 1.82 bits per heavy atom. The molecule has 0 radical (unpaired) electrons. The molecule has 4 nitrogen and oxygen atoms in total. The zero-order chi connectivity index (χ0) is 12.9. The van der Waals surface area contributed by atoms with Crippen molar-refractivity contribution in [2.24, 2.45) is 0 Å². The topological polar surface area (TPSA) is 55.8 Å². The van der Waals surface area contributed by atoms with Gasteiger partial charge in [-0.15, -0.1) is 0 Å². The third kappa shape index (κ3) is 4.67. The monoisotopic (exact) mass is 246 g/mol. The number of hydrogen-bond donors (Lipinski definition) is 1. The Balaban J connectivity index is 2.51. The average Bonchev–Trinajstić information content (AvgIpc) is 2.25. The summed E-state index contributed by atoms with van der Waals surface area (Å²) in [5, 5.41) is 8.26. The second-order valence-corrected chi connectivity index (χ2v) is 3.39. The van der Waals surface area contributed by atoms with Crippen molar-refractivity contribution in [3.8, 4) is 11.5 Å². The molecule has 0 aromatic heterocycles. The van der Waals surface area contributed by atoms with Crippen LogP contribution < -0.4 is 9.47 Å². The van der Waals surface area contributed by atoms with E-state index in [0.717, 1.165) is 0 Å². The lowest BCUT2D eigenvalue weighted by Gasteiger charge is -2.15. The fraction of sp³-hybridized carbons (Fsp3) is 0.364. The third-order valence-corrected chi connectivity index (χ3v) is 1.92. The molecule has 0 atom stereocenters. The largest absolute Gasteiger partial charge is 0.497 e. The summed E-state index contributed by atoms with van der Waals surface area (Å²) in [5.41, 5.74) is 0. The first-order valence-corrected chi connectivity index (χ1v) is 4.79. The number of carbonyl (C=O) groups is 1. The van der Waals surface area contributed by atoms with Gasteiger partial charge in [-0.25, -0.2) is 8.78 Å². The van der Waals surface area contributed by atoms with E-state index >= 15 is 0 Å². The molecule has 94 valence electrons. The standard InChI is InChI=1S/C11H12F2O4/c1-16-8-2-4-9(5-3-8)17-7-11(12,13)6-10(14)15/h2-5H,6-7H2,1H3,(H,14,15). The highest BCUT2D eigenvalue weighted by molar-refractivity contribution is 5.67. The van der Waals surface area contributed by atoms with Crippen LogP contribution in [0.15, 0.2) is 24.3 Å². The molecule has 1 aromatic rings. The summed E-state index contributed by atoms with van der Waals surface area (Å²) in [4.78, 5) is 10.2. The number of rotatable bonds is 6. The van der Waals surface area contributed by atoms with Crippen LogP contribution in [-0.2, 0) is 4.79 Å². The van der Waals surface area contributed by atoms with Crippen molar-refractivity contribution in [3.63, 3.8) is 0 Å². The van der Waals surface area contributed by atoms with E-state index in [9.17, 15) is 13.6 Å². The third-order valence-electron chi connectivity index (χ3n) is 1.92. The van der Waals surface area contributed by atoms with Crippen LogP contribution in [-0.4, -0.2) is 30.7 Å². The molecule has 0 aliphatic heterocycles. The summed E-state index contributed by atoms with van der Waals surface area (Å²) in [6.45, 7) is -0.967. The van der Waals surface area contributed by atoms with Gasteiger partial charge in [0.25, 0.3) is 5.92 Å². The van der Waals surface area contributed by atoms with Gasteiger partial charge in [-0.2, -0.15) is 0 Å². The minimum Gasteiger partial charge on any atom is -0.497 e. The molecule has 0 bridgehead atoms. The zero-order valence-corrected chi connectivity index (χ0v) is 9.15. The number of carboxylic acids is 1. The zero-order valence-electron chi connectivity index (χ0n) is 9.15. The number of methoxy groups -OCH3 is 1. The summed E-state index contributed by atoms with van der Waals surface area (Å²) in [6.07, 6.45) is -1.25. The van der Waals surface area contributed by atoms with Crippen LogP contribution in [0.1, 0.15) is 6.42 Å². The molecule has 0 unspecified atom stereocenters. The quantitative estimate of drug-likeness (QED) is 0.835. The summed E-state index contributed by atoms with van der Waals surface area (Å²) < 4.78 is 35.6. The second-order valence-electron chi connectivity index (χ2n) is 3.39. The van der Waals surface area contributed by atoms with E-state index in [-0.39, 0.29) is 5.75 Å². The highest BCUT2D eigenvalue weighted by atomic mass is 19.3. The molecule has 0 saturated carbocycles. The van der Waals surface area contributed by atoms with Crippen molar-refractivity contribution in [3.05, 3.63) is 24.3 Å². The summed E-state index contributed by atoms with van der Waals surface area (Å²) >= 11 is 0. The Bertz CT molecular complexity index is 376. The van der Waals surface area contributed by atoms with Crippen LogP contribution in [0.3, 0.4) is 0 Å². The van der Waals surface area contributed by atoms with Crippen molar-refractivity contribution in [1.82, 2.24) is 0 Å². The minimum atomic E-state index is -3.38. The molecule has 6 heteroatoms. The van der Waals surface area contributed by atoms with Crippen molar-refractivity contribution in [1.29, 1.82) is 0 Å². The van der Waals surface area contributed by atoms with Crippen LogP contribution >= 0.6 is 0 Å². The number of alkyl halides is 2. The van der Waals surface area contributed by atoms with Gasteiger partial charge in [0.1, 0.15) is 17.9 Å². The fourth-order valence-electron chi connectivity index (χ4n) is 1.13. The molecule has 1 N–H and O–H groups in total. The molecule has 17 heavy (non-hydrogen) atoms. The average molecular weight is 246 g/mol. The minimum absolute atomic E-state index is 0.232. The molecular formula is C11H12F2O4. The van der Waals surface area contributed by atoms with Gasteiger partial charge in [-0.1, -0.05) is 0 Å². The molecule has 0 aliphatic rings. The number of carboxylic acid groups (broad SMARTS) is 1. The van der Waals surface area contributed by atoms with Gasteiger partial charge in [0, 0.05) is 0 Å². The van der Waals surface area contributed by atoms with Gasteiger partial charge in [0.15, 0.2) is 6.61 Å². The van der Waals surface area contributed by atoms with Crippen LogP contribution in [0, 0.1) is 0 Å². The van der Waals surface area contributed by atoms with E-state index in [1.165, 1.54) is 19.2 Å². The number of ether oxygens (including phenoxy) is 2. The lowest BCUT2D eigenvalue weighted by molar-refractivity contribution is -0.147. The summed E-state index contributed by atoms with van der Waals surface area (Å²) in [7, 11) is 1.48. The second kappa shape index (κ2) is 5.47. The van der Waals surface area contributed by atoms with Gasteiger partial charge >= 0.3 is 5.97 Å². The molecule has 0 fully saturated rings. The smallest absolute Gasteiger partial charge is 0.309 e. The molecule has 0 saturated heterocycles. The highest BCUT2D eigenvalue weighted by Crippen LogP contribution is 2.22. The Hall–Kier alpha value is -1.85.